The lowest BCUT2D eigenvalue weighted by atomic mass is 9.48. The van der Waals surface area contributed by atoms with Gasteiger partial charge in [-0.2, -0.15) is 8.78 Å². The van der Waals surface area contributed by atoms with Gasteiger partial charge in [0.25, 0.3) is 5.91 Å². The molecule has 4 aliphatic carbocycles. The van der Waals surface area contributed by atoms with E-state index in [1.807, 2.05) is 0 Å². The first-order valence-corrected chi connectivity index (χ1v) is 10.9. The van der Waals surface area contributed by atoms with Crippen LogP contribution in [0, 0.1) is 23.2 Å². The van der Waals surface area contributed by atoms with Gasteiger partial charge in [0.15, 0.2) is 5.78 Å². The number of rotatable bonds is 6. The molecule has 0 aromatic heterocycles. The van der Waals surface area contributed by atoms with E-state index >= 15 is 0 Å². The molecular weight excluding hydrogens is 406 g/mol. The van der Waals surface area contributed by atoms with Gasteiger partial charge >= 0.3 is 12.6 Å². The second kappa shape index (κ2) is 7.00. The second-order valence-electron chi connectivity index (χ2n) is 9.97. The van der Waals surface area contributed by atoms with Gasteiger partial charge in [-0.25, -0.2) is 4.79 Å². The summed E-state index contributed by atoms with van der Waals surface area (Å²) in [5.41, 5.74) is -1.30. The molecule has 1 unspecified atom stereocenters. The lowest BCUT2D eigenvalue weighted by Crippen LogP contribution is -2.53. The van der Waals surface area contributed by atoms with E-state index in [1.54, 1.807) is 6.92 Å². The summed E-state index contributed by atoms with van der Waals surface area (Å²) in [7, 11) is 0. The number of ether oxygens (including phenoxy) is 1. The maximum Gasteiger partial charge on any atom is 0.387 e. The topological polar surface area (TPSA) is 75.7 Å². The Morgan fingerprint density at radius 3 is 2.16 bits per heavy atom. The Hall–Kier alpha value is -2.51. The zero-order valence-corrected chi connectivity index (χ0v) is 17.4. The molecule has 5 aliphatic rings. The van der Waals surface area contributed by atoms with Crippen LogP contribution in [0.4, 0.5) is 13.6 Å². The van der Waals surface area contributed by atoms with Crippen molar-refractivity contribution < 1.29 is 27.9 Å². The van der Waals surface area contributed by atoms with Gasteiger partial charge in [0.05, 0.1) is 6.54 Å². The Kier molecular flexibility index (Phi) is 4.61. The Bertz CT molecular complexity index is 897. The number of nitrogens with one attached hydrogen (secondary N) is 1. The number of ketones is 1. The highest BCUT2D eigenvalue weighted by atomic mass is 19.3. The summed E-state index contributed by atoms with van der Waals surface area (Å²) < 4.78 is 29.1. The predicted octanol–water partition coefficient (Wildman–Crippen LogP) is 3.84. The molecule has 3 amide bonds. The smallest absolute Gasteiger partial charge is 0.387 e. The first kappa shape index (κ1) is 20.4. The van der Waals surface area contributed by atoms with E-state index in [0.717, 1.165) is 24.2 Å². The SMILES string of the molecule is CC1(c2ccc(OC(F)F)cc2)NC(=O)N(CC(=O)C23CC4CC(CC(C4)C2)C3)C1=O. The van der Waals surface area contributed by atoms with Crippen molar-refractivity contribution >= 4 is 17.7 Å². The van der Waals surface area contributed by atoms with Crippen molar-refractivity contribution in [2.24, 2.45) is 23.2 Å². The van der Waals surface area contributed by atoms with Crippen LogP contribution in [0.2, 0.25) is 0 Å². The van der Waals surface area contributed by atoms with Gasteiger partial charge < -0.3 is 10.1 Å². The van der Waals surface area contributed by atoms with Crippen LogP contribution >= 0.6 is 0 Å². The molecule has 0 spiro atoms. The standard InChI is InChI=1S/C23H26F2N2O4/c1-22(16-2-4-17(5-3-16)31-20(24)25)19(29)27(21(30)26-22)12-18(28)23-9-13-6-14(10-23)8-15(7-13)11-23/h2-5,13-15,20H,6-12H2,1H3,(H,26,30). The van der Waals surface area contributed by atoms with Crippen LogP contribution in [-0.2, 0) is 15.1 Å². The van der Waals surface area contributed by atoms with E-state index < -0.39 is 24.1 Å². The molecule has 6 rings (SSSR count). The third kappa shape index (κ3) is 3.31. The Labute approximate surface area is 179 Å². The average molecular weight is 432 g/mol. The summed E-state index contributed by atoms with van der Waals surface area (Å²) in [5.74, 6) is 1.25. The number of carbonyl (C=O) groups is 3. The first-order chi connectivity index (χ1) is 14.7. The number of imide groups is 1. The maximum atomic E-state index is 13.4. The highest BCUT2D eigenvalue weighted by Gasteiger charge is 2.56. The Morgan fingerprint density at radius 2 is 1.65 bits per heavy atom. The van der Waals surface area contributed by atoms with E-state index in [-0.39, 0.29) is 23.5 Å². The normalized spacial score (nSPS) is 36.3. The third-order valence-electron chi connectivity index (χ3n) is 7.86. The number of nitrogens with zero attached hydrogens (tertiary/aromatic N) is 1. The summed E-state index contributed by atoms with van der Waals surface area (Å²) in [4.78, 5) is 40.3. The van der Waals surface area contributed by atoms with Crippen molar-refractivity contribution in [3.8, 4) is 5.75 Å². The van der Waals surface area contributed by atoms with Crippen LogP contribution in [0.25, 0.3) is 0 Å². The number of Topliss-reactive ketones (excluding diaryl/α,β-unsaturated/α-hetero) is 1. The van der Waals surface area contributed by atoms with E-state index in [0.29, 0.717) is 23.3 Å². The predicted molar refractivity (Wildman–Crippen MR) is 106 cm³/mol. The summed E-state index contributed by atoms with van der Waals surface area (Å²) in [5, 5.41) is 2.68. The molecule has 4 bridgehead atoms. The molecule has 1 aromatic rings. The van der Waals surface area contributed by atoms with Crippen LogP contribution in [0.3, 0.4) is 0 Å². The highest BCUT2D eigenvalue weighted by Crippen LogP contribution is 2.60. The monoisotopic (exact) mass is 432 g/mol. The molecule has 1 heterocycles. The van der Waals surface area contributed by atoms with Gasteiger partial charge in [-0.05, 0) is 80.9 Å². The molecule has 1 aromatic carbocycles. The fourth-order valence-corrected chi connectivity index (χ4v) is 6.77. The zero-order chi connectivity index (χ0) is 22.0. The number of benzene rings is 1. The van der Waals surface area contributed by atoms with Crippen LogP contribution in [0.1, 0.15) is 51.0 Å². The van der Waals surface area contributed by atoms with Gasteiger partial charge in [0, 0.05) is 5.41 Å². The van der Waals surface area contributed by atoms with E-state index in [1.165, 1.54) is 43.5 Å². The fourth-order valence-electron chi connectivity index (χ4n) is 6.77. The molecule has 1 atom stereocenters. The molecule has 1 N–H and O–H groups in total. The van der Waals surface area contributed by atoms with Gasteiger partial charge in [-0.1, -0.05) is 12.1 Å². The molecule has 4 saturated carbocycles. The zero-order valence-electron chi connectivity index (χ0n) is 17.4. The second-order valence-corrected chi connectivity index (χ2v) is 9.97. The van der Waals surface area contributed by atoms with Crippen molar-refractivity contribution in [1.82, 2.24) is 10.2 Å². The molecule has 6 nitrogen and oxygen atoms in total. The number of urea groups is 1. The Balaban J connectivity index is 1.33. The molecular formula is C23H26F2N2O4. The van der Waals surface area contributed by atoms with Crippen LogP contribution in [-0.4, -0.2) is 35.8 Å². The average Bonchev–Trinajstić information content (AvgIpc) is 2.91. The number of hydrogen-bond acceptors (Lipinski definition) is 4. The minimum atomic E-state index is -2.94. The summed E-state index contributed by atoms with van der Waals surface area (Å²) in [6.45, 7) is -1.59. The lowest BCUT2D eigenvalue weighted by Gasteiger charge is -2.56. The molecule has 1 aliphatic heterocycles. The maximum absolute atomic E-state index is 13.4. The van der Waals surface area contributed by atoms with Gasteiger partial charge in [-0.15, -0.1) is 0 Å². The quantitative estimate of drug-likeness (QED) is 0.693. The first-order valence-electron chi connectivity index (χ1n) is 10.9. The Morgan fingerprint density at radius 1 is 1.10 bits per heavy atom. The number of halogens is 2. The van der Waals surface area contributed by atoms with Gasteiger partial charge in [-0.3, -0.25) is 14.5 Å². The minimum absolute atomic E-state index is 0.0000290. The number of amides is 3. The van der Waals surface area contributed by atoms with Crippen LogP contribution in [0.15, 0.2) is 24.3 Å². The highest BCUT2D eigenvalue weighted by molar-refractivity contribution is 6.09. The minimum Gasteiger partial charge on any atom is -0.435 e. The van der Waals surface area contributed by atoms with Gasteiger partial charge in [0.1, 0.15) is 11.3 Å². The molecule has 1 saturated heterocycles. The van der Waals surface area contributed by atoms with Crippen molar-refractivity contribution in [3.63, 3.8) is 0 Å². The molecule has 166 valence electrons. The lowest BCUT2D eigenvalue weighted by molar-refractivity contribution is -0.147. The van der Waals surface area contributed by atoms with Crippen molar-refractivity contribution in [3.05, 3.63) is 29.8 Å². The van der Waals surface area contributed by atoms with E-state index in [4.69, 9.17) is 0 Å². The van der Waals surface area contributed by atoms with Crippen LogP contribution < -0.4 is 10.1 Å². The summed E-state index contributed by atoms with van der Waals surface area (Å²) in [6.07, 6.45) is 6.26. The number of hydrogen-bond donors (Lipinski definition) is 1. The summed E-state index contributed by atoms with van der Waals surface area (Å²) in [6, 6.07) is 5.00. The van der Waals surface area contributed by atoms with Crippen molar-refractivity contribution in [1.29, 1.82) is 0 Å². The van der Waals surface area contributed by atoms with Crippen molar-refractivity contribution in [2.75, 3.05) is 6.54 Å². The number of alkyl halides is 2. The van der Waals surface area contributed by atoms with Crippen LogP contribution in [0.5, 0.6) is 5.75 Å². The summed E-state index contributed by atoms with van der Waals surface area (Å²) >= 11 is 0. The van der Waals surface area contributed by atoms with Crippen molar-refractivity contribution in [2.45, 2.75) is 57.6 Å². The van der Waals surface area contributed by atoms with E-state index in [9.17, 15) is 23.2 Å². The molecule has 31 heavy (non-hydrogen) atoms. The fraction of sp³-hybridized carbons (Fsp3) is 0.609. The largest absolute Gasteiger partial charge is 0.435 e. The number of carbonyl (C=O) groups excluding carboxylic acids is 3. The third-order valence-corrected chi connectivity index (χ3v) is 7.86. The van der Waals surface area contributed by atoms with Gasteiger partial charge in [0.2, 0.25) is 0 Å². The molecule has 5 fully saturated rings. The van der Waals surface area contributed by atoms with E-state index in [2.05, 4.69) is 10.1 Å². The molecule has 0 radical (unpaired) electrons. The molecule has 8 heteroatoms.